The molecule has 0 radical (unpaired) electrons. The number of allylic oxidation sites excluding steroid dienone is 2. The molecule has 0 aromatic carbocycles. The van der Waals surface area contributed by atoms with Gasteiger partial charge in [-0.2, -0.15) is 0 Å². The molecule has 4 saturated carbocycles. The Bertz CT molecular complexity index is 1100. The van der Waals surface area contributed by atoms with Crippen molar-refractivity contribution in [3.05, 3.63) is 11.1 Å². The molecule has 0 bridgehead atoms. The summed E-state index contributed by atoms with van der Waals surface area (Å²) in [5.74, 6) is 2.42. The second-order valence-electron chi connectivity index (χ2n) is 16.7. The van der Waals surface area contributed by atoms with E-state index in [2.05, 4.69) is 60.7 Å². The van der Waals surface area contributed by atoms with E-state index in [4.69, 9.17) is 4.74 Å². The highest BCUT2D eigenvalue weighted by Gasteiger charge is 2.70. The molecule has 6 aliphatic rings. The van der Waals surface area contributed by atoms with Gasteiger partial charge in [0.05, 0.1) is 13.2 Å². The van der Waals surface area contributed by atoms with Crippen LogP contribution in [0.1, 0.15) is 113 Å². The summed E-state index contributed by atoms with van der Waals surface area (Å²) in [6.07, 6.45) is 10.3. The highest BCUT2D eigenvalue weighted by molar-refractivity contribution is 6.00. The van der Waals surface area contributed by atoms with Crippen LogP contribution in [0.5, 0.6) is 0 Å². The van der Waals surface area contributed by atoms with E-state index in [1.807, 2.05) is 4.90 Å². The van der Waals surface area contributed by atoms with E-state index in [9.17, 15) is 9.59 Å². The van der Waals surface area contributed by atoms with E-state index in [1.165, 1.54) is 44.1 Å². The molecule has 224 valence electrons. The van der Waals surface area contributed by atoms with Gasteiger partial charge in [0, 0.05) is 25.6 Å². The monoisotopic (exact) mass is 552 g/mol. The maximum absolute atomic E-state index is 13.6. The summed E-state index contributed by atoms with van der Waals surface area (Å²) < 4.78 is 5.54. The number of carbonyl (C=O) groups excluding carboxylic acids is 2. The van der Waals surface area contributed by atoms with Crippen LogP contribution in [-0.4, -0.2) is 49.1 Å². The quantitative estimate of drug-likeness (QED) is 0.388. The fourth-order valence-electron chi connectivity index (χ4n) is 12.1. The van der Waals surface area contributed by atoms with E-state index in [1.54, 1.807) is 5.57 Å². The Morgan fingerprint density at radius 1 is 0.875 bits per heavy atom. The Kier molecular flexibility index (Phi) is 6.70. The fourth-order valence-corrected chi connectivity index (χ4v) is 12.1. The molecule has 1 aliphatic heterocycles. The Labute approximate surface area is 243 Å². The van der Waals surface area contributed by atoms with Crippen LogP contribution in [0, 0.1) is 50.7 Å². The van der Waals surface area contributed by atoms with E-state index >= 15 is 0 Å². The molecule has 5 fully saturated rings. The van der Waals surface area contributed by atoms with E-state index in [0.29, 0.717) is 55.8 Å². The topological polar surface area (TPSA) is 58.6 Å². The zero-order valence-corrected chi connectivity index (χ0v) is 26.8. The number of hydrogen-bond donors (Lipinski definition) is 1. The van der Waals surface area contributed by atoms with Crippen molar-refractivity contribution >= 4 is 11.8 Å². The number of carbonyl (C=O) groups is 2. The number of fused-ring (bicyclic) bond motifs is 7. The molecule has 0 spiro atoms. The van der Waals surface area contributed by atoms with E-state index in [0.717, 1.165) is 19.3 Å². The number of ketones is 1. The third kappa shape index (κ3) is 3.80. The Balaban J connectivity index is 1.39. The summed E-state index contributed by atoms with van der Waals surface area (Å²) in [5.41, 5.74) is 3.54. The van der Waals surface area contributed by atoms with Crippen LogP contribution in [-0.2, 0) is 9.53 Å². The van der Waals surface area contributed by atoms with Crippen molar-refractivity contribution in [2.75, 3.05) is 26.3 Å². The molecular formula is C35H56N2O3. The predicted octanol–water partition coefficient (Wildman–Crippen LogP) is 7.40. The Morgan fingerprint density at radius 3 is 2.25 bits per heavy atom. The number of rotatable bonds is 2. The molecule has 0 aromatic heterocycles. The van der Waals surface area contributed by atoms with Gasteiger partial charge in [-0.15, -0.1) is 0 Å². The highest BCUT2D eigenvalue weighted by atomic mass is 16.5. The zero-order chi connectivity index (χ0) is 28.9. The van der Waals surface area contributed by atoms with Crippen LogP contribution in [0.4, 0.5) is 4.79 Å². The largest absolute Gasteiger partial charge is 0.378 e. The van der Waals surface area contributed by atoms with Crippen molar-refractivity contribution < 1.29 is 14.3 Å². The molecule has 40 heavy (non-hydrogen) atoms. The number of urea groups is 1. The molecule has 6 rings (SSSR count). The maximum atomic E-state index is 13.6. The molecule has 0 aromatic rings. The lowest BCUT2D eigenvalue weighted by Crippen LogP contribution is -2.69. The van der Waals surface area contributed by atoms with Crippen molar-refractivity contribution in [2.45, 2.75) is 119 Å². The minimum atomic E-state index is 0.0617. The first kappa shape index (κ1) is 28.7. The molecule has 5 nitrogen and oxygen atoms in total. The van der Waals surface area contributed by atoms with Gasteiger partial charge in [-0.25, -0.2) is 4.79 Å². The molecule has 2 amide bonds. The van der Waals surface area contributed by atoms with Gasteiger partial charge in [-0.05, 0) is 108 Å². The van der Waals surface area contributed by atoms with Crippen molar-refractivity contribution in [3.63, 3.8) is 0 Å². The summed E-state index contributed by atoms with van der Waals surface area (Å²) in [6, 6.07) is 0.322. The number of Topliss-reactive ketones (excluding diaryl/α,β-unsaturated/α-hetero) is 1. The Hall–Kier alpha value is -1.36. The first-order chi connectivity index (χ1) is 18.7. The number of morpholine rings is 1. The second kappa shape index (κ2) is 9.32. The molecule has 1 unspecified atom stereocenters. The molecular weight excluding hydrogens is 496 g/mol. The lowest BCUT2D eigenvalue weighted by Gasteiger charge is -2.72. The second-order valence-corrected chi connectivity index (χ2v) is 16.7. The minimum absolute atomic E-state index is 0.0617. The SMILES string of the molecule is CC(C)C1=C2[C@H]3CC[C@@H]4[C@@]5(C)C(NC(=O)N6CCOCC6)CCC(C)(C)[C@@H]5CC[C@@]4(C)[C@]3(C)CC[C@@]2(C)CC1=O. The van der Waals surface area contributed by atoms with Crippen molar-refractivity contribution in [3.8, 4) is 0 Å². The first-order valence-electron chi connectivity index (χ1n) is 16.6. The zero-order valence-electron chi connectivity index (χ0n) is 26.8. The number of hydrogen-bond acceptors (Lipinski definition) is 3. The van der Waals surface area contributed by atoms with Crippen LogP contribution in [0.3, 0.4) is 0 Å². The number of nitrogens with one attached hydrogen (secondary N) is 1. The fraction of sp³-hybridized carbons (Fsp3) is 0.886. The molecule has 8 atom stereocenters. The summed E-state index contributed by atoms with van der Waals surface area (Å²) in [6.45, 7) is 22.4. The maximum Gasteiger partial charge on any atom is 0.317 e. The lowest BCUT2D eigenvalue weighted by atomic mass is 9.32. The van der Waals surface area contributed by atoms with Crippen LogP contribution >= 0.6 is 0 Å². The van der Waals surface area contributed by atoms with Crippen molar-refractivity contribution in [2.24, 2.45) is 50.7 Å². The lowest BCUT2D eigenvalue weighted by molar-refractivity contribution is -0.219. The van der Waals surface area contributed by atoms with Crippen molar-refractivity contribution in [1.29, 1.82) is 0 Å². The third-order valence-corrected chi connectivity index (χ3v) is 14.3. The van der Waals surface area contributed by atoms with Gasteiger partial charge in [0.15, 0.2) is 5.78 Å². The minimum Gasteiger partial charge on any atom is -0.378 e. The standard InChI is InChI=1S/C35H56N2O3/c1-22(2)28-24(38)21-32(5)15-16-33(6)23(29(28)32)9-10-26-34(33,7)14-11-25-31(3,4)13-12-27(35(25,26)8)36-30(39)37-17-19-40-20-18-37/h22-23,25-27H,9-21H2,1-8H3,(H,36,39)/t23-,25+,26+,27?,32+,33-,34-,35+/m1/s1. The summed E-state index contributed by atoms with van der Waals surface area (Å²) >= 11 is 0. The summed E-state index contributed by atoms with van der Waals surface area (Å²) in [7, 11) is 0. The van der Waals surface area contributed by atoms with Gasteiger partial charge in [0.2, 0.25) is 0 Å². The van der Waals surface area contributed by atoms with Crippen LogP contribution in [0.25, 0.3) is 0 Å². The Morgan fingerprint density at radius 2 is 1.57 bits per heavy atom. The first-order valence-corrected chi connectivity index (χ1v) is 16.6. The number of ether oxygens (including phenoxy) is 1. The average Bonchev–Trinajstić information content (AvgIpc) is 3.17. The summed E-state index contributed by atoms with van der Waals surface area (Å²) in [4.78, 5) is 29.0. The van der Waals surface area contributed by atoms with Gasteiger partial charge in [0.1, 0.15) is 0 Å². The van der Waals surface area contributed by atoms with Gasteiger partial charge >= 0.3 is 6.03 Å². The van der Waals surface area contributed by atoms with Crippen LogP contribution in [0.15, 0.2) is 11.1 Å². The normalized spacial score (nSPS) is 46.4. The predicted molar refractivity (Wildman–Crippen MR) is 160 cm³/mol. The van der Waals surface area contributed by atoms with Gasteiger partial charge in [-0.3, -0.25) is 4.79 Å². The third-order valence-electron chi connectivity index (χ3n) is 14.3. The molecule has 1 saturated heterocycles. The molecule has 1 heterocycles. The molecule has 5 aliphatic carbocycles. The average molecular weight is 553 g/mol. The van der Waals surface area contributed by atoms with Gasteiger partial charge in [-0.1, -0.05) is 61.0 Å². The van der Waals surface area contributed by atoms with E-state index < -0.39 is 0 Å². The van der Waals surface area contributed by atoms with Crippen molar-refractivity contribution in [1.82, 2.24) is 10.2 Å². The smallest absolute Gasteiger partial charge is 0.317 e. The molecule has 5 heteroatoms. The van der Waals surface area contributed by atoms with Crippen LogP contribution < -0.4 is 5.32 Å². The summed E-state index contributed by atoms with van der Waals surface area (Å²) in [5, 5.41) is 3.65. The van der Waals surface area contributed by atoms with Gasteiger partial charge < -0.3 is 15.0 Å². The van der Waals surface area contributed by atoms with E-state index in [-0.39, 0.29) is 39.1 Å². The molecule has 1 N–H and O–H groups in total. The number of amides is 2. The van der Waals surface area contributed by atoms with Gasteiger partial charge in [0.25, 0.3) is 0 Å². The van der Waals surface area contributed by atoms with Crippen LogP contribution in [0.2, 0.25) is 0 Å². The number of nitrogens with zero attached hydrogens (tertiary/aromatic N) is 1. The highest BCUT2D eigenvalue weighted by Crippen LogP contribution is 2.76.